The van der Waals surface area contributed by atoms with Gasteiger partial charge in [0.15, 0.2) is 0 Å². The normalized spacial score (nSPS) is 18.8. The molecule has 4 nitrogen and oxygen atoms in total. The Labute approximate surface area is 126 Å². The molecular weight excluding hydrogens is 262 g/mol. The Morgan fingerprint density at radius 2 is 2.10 bits per heavy atom. The number of likely N-dealkylation sites (tertiary alicyclic amines) is 1. The molecule has 0 amide bonds. The van der Waals surface area contributed by atoms with E-state index in [-0.39, 0.29) is 6.10 Å². The SMILES string of the molecule is CC(O)C1CCN(Cc2cccc(-n3cccn3)c2)CC1. The van der Waals surface area contributed by atoms with Crippen LogP contribution in [-0.4, -0.2) is 39.0 Å². The molecule has 1 aromatic heterocycles. The smallest absolute Gasteiger partial charge is 0.0648 e. The molecule has 1 N–H and O–H groups in total. The largest absolute Gasteiger partial charge is 0.393 e. The molecule has 0 spiro atoms. The highest BCUT2D eigenvalue weighted by Crippen LogP contribution is 2.22. The molecule has 1 atom stereocenters. The van der Waals surface area contributed by atoms with Crippen LogP contribution >= 0.6 is 0 Å². The highest BCUT2D eigenvalue weighted by molar-refractivity contribution is 5.35. The van der Waals surface area contributed by atoms with Crippen LogP contribution in [0.5, 0.6) is 0 Å². The summed E-state index contributed by atoms with van der Waals surface area (Å²) in [4.78, 5) is 2.47. The zero-order valence-electron chi connectivity index (χ0n) is 12.5. The zero-order valence-corrected chi connectivity index (χ0v) is 12.5. The van der Waals surface area contributed by atoms with Crippen molar-refractivity contribution in [3.63, 3.8) is 0 Å². The fourth-order valence-corrected chi connectivity index (χ4v) is 3.07. The monoisotopic (exact) mass is 285 g/mol. The van der Waals surface area contributed by atoms with Gasteiger partial charge < -0.3 is 5.11 Å². The molecular formula is C17H23N3O. The molecule has 1 fully saturated rings. The van der Waals surface area contributed by atoms with Gasteiger partial charge in [0.1, 0.15) is 0 Å². The van der Waals surface area contributed by atoms with Crippen LogP contribution in [0.3, 0.4) is 0 Å². The maximum absolute atomic E-state index is 9.67. The Bertz CT molecular complexity index is 557. The molecule has 1 aliphatic rings. The molecule has 0 radical (unpaired) electrons. The van der Waals surface area contributed by atoms with Gasteiger partial charge in [0.2, 0.25) is 0 Å². The van der Waals surface area contributed by atoms with E-state index < -0.39 is 0 Å². The molecule has 3 rings (SSSR count). The number of aliphatic hydroxyl groups is 1. The number of hydrogen-bond acceptors (Lipinski definition) is 3. The Balaban J connectivity index is 1.62. The summed E-state index contributed by atoms with van der Waals surface area (Å²) in [6, 6.07) is 10.5. The molecule has 0 saturated carbocycles. The molecule has 1 unspecified atom stereocenters. The highest BCUT2D eigenvalue weighted by Gasteiger charge is 2.22. The van der Waals surface area contributed by atoms with Gasteiger partial charge in [-0.25, -0.2) is 4.68 Å². The van der Waals surface area contributed by atoms with E-state index >= 15 is 0 Å². The van der Waals surface area contributed by atoms with Crippen molar-refractivity contribution in [2.75, 3.05) is 13.1 Å². The summed E-state index contributed by atoms with van der Waals surface area (Å²) in [5.74, 6) is 0.469. The van der Waals surface area contributed by atoms with Gasteiger partial charge in [-0.05, 0) is 62.5 Å². The molecule has 0 aliphatic carbocycles. The fourth-order valence-electron chi connectivity index (χ4n) is 3.07. The van der Waals surface area contributed by atoms with E-state index in [4.69, 9.17) is 0 Å². The van der Waals surface area contributed by atoms with Crippen LogP contribution in [0.2, 0.25) is 0 Å². The fraction of sp³-hybridized carbons (Fsp3) is 0.471. The van der Waals surface area contributed by atoms with E-state index in [1.807, 2.05) is 23.9 Å². The molecule has 4 heteroatoms. The first-order chi connectivity index (χ1) is 10.2. The second-order valence-electron chi connectivity index (χ2n) is 5.97. The molecule has 2 aromatic rings. The van der Waals surface area contributed by atoms with E-state index in [0.717, 1.165) is 38.2 Å². The Hall–Kier alpha value is -1.65. The minimum absolute atomic E-state index is 0.171. The molecule has 21 heavy (non-hydrogen) atoms. The van der Waals surface area contributed by atoms with Crippen LogP contribution in [0.15, 0.2) is 42.7 Å². The predicted molar refractivity (Wildman–Crippen MR) is 83.2 cm³/mol. The lowest BCUT2D eigenvalue weighted by atomic mass is 9.92. The summed E-state index contributed by atoms with van der Waals surface area (Å²) in [6.07, 6.45) is 5.78. The average molecular weight is 285 g/mol. The standard InChI is InChI=1S/C17H23N3O/c1-14(21)16-6-10-19(11-7-16)13-15-4-2-5-17(12-15)20-9-3-8-18-20/h2-5,8-9,12,14,16,21H,6-7,10-11,13H2,1H3. The Kier molecular flexibility index (Phi) is 4.36. The molecule has 112 valence electrons. The molecule has 1 saturated heterocycles. The van der Waals surface area contributed by atoms with Crippen molar-refractivity contribution in [3.8, 4) is 5.69 Å². The van der Waals surface area contributed by atoms with Gasteiger partial charge in [0.05, 0.1) is 11.8 Å². The van der Waals surface area contributed by atoms with Gasteiger partial charge in [-0.15, -0.1) is 0 Å². The van der Waals surface area contributed by atoms with Crippen LogP contribution in [-0.2, 0) is 6.54 Å². The minimum Gasteiger partial charge on any atom is -0.393 e. The highest BCUT2D eigenvalue weighted by atomic mass is 16.3. The van der Waals surface area contributed by atoms with Crippen LogP contribution in [0.25, 0.3) is 5.69 Å². The van der Waals surface area contributed by atoms with Crippen molar-refractivity contribution in [1.29, 1.82) is 0 Å². The summed E-state index contributed by atoms with van der Waals surface area (Å²) < 4.78 is 1.89. The minimum atomic E-state index is -0.171. The third-order valence-electron chi connectivity index (χ3n) is 4.40. The number of benzene rings is 1. The van der Waals surface area contributed by atoms with Gasteiger partial charge in [0, 0.05) is 18.9 Å². The number of aromatic nitrogens is 2. The number of rotatable bonds is 4. The molecule has 2 heterocycles. The maximum Gasteiger partial charge on any atom is 0.0648 e. The average Bonchev–Trinajstić information content (AvgIpc) is 3.02. The summed E-state index contributed by atoms with van der Waals surface area (Å²) >= 11 is 0. The number of piperidine rings is 1. The van der Waals surface area contributed by atoms with E-state index in [1.54, 1.807) is 6.20 Å². The van der Waals surface area contributed by atoms with Crippen molar-refractivity contribution >= 4 is 0 Å². The second kappa shape index (κ2) is 6.41. The molecule has 1 aliphatic heterocycles. The predicted octanol–water partition coefficient (Wildman–Crippen LogP) is 2.47. The summed E-state index contributed by atoms with van der Waals surface area (Å²) in [6.45, 7) is 5.03. The molecule has 1 aromatic carbocycles. The number of hydrogen-bond donors (Lipinski definition) is 1. The van der Waals surface area contributed by atoms with Gasteiger partial charge >= 0.3 is 0 Å². The van der Waals surface area contributed by atoms with E-state index in [1.165, 1.54) is 5.56 Å². The number of aliphatic hydroxyl groups excluding tert-OH is 1. The van der Waals surface area contributed by atoms with Gasteiger partial charge in [-0.1, -0.05) is 12.1 Å². The summed E-state index contributed by atoms with van der Waals surface area (Å²) in [7, 11) is 0. The molecule has 0 bridgehead atoms. The van der Waals surface area contributed by atoms with E-state index in [0.29, 0.717) is 5.92 Å². The third-order valence-corrected chi connectivity index (χ3v) is 4.40. The number of nitrogens with zero attached hydrogens (tertiary/aromatic N) is 3. The summed E-state index contributed by atoms with van der Waals surface area (Å²) in [5, 5.41) is 13.9. The second-order valence-corrected chi connectivity index (χ2v) is 5.97. The Morgan fingerprint density at radius 1 is 1.29 bits per heavy atom. The van der Waals surface area contributed by atoms with Crippen molar-refractivity contribution < 1.29 is 5.11 Å². The van der Waals surface area contributed by atoms with Crippen molar-refractivity contribution in [2.24, 2.45) is 5.92 Å². The lowest BCUT2D eigenvalue weighted by Gasteiger charge is -2.33. The van der Waals surface area contributed by atoms with Crippen LogP contribution in [0.4, 0.5) is 0 Å². The van der Waals surface area contributed by atoms with Crippen LogP contribution in [0.1, 0.15) is 25.3 Å². The topological polar surface area (TPSA) is 41.3 Å². The maximum atomic E-state index is 9.67. The van der Waals surface area contributed by atoms with E-state index in [9.17, 15) is 5.11 Å². The zero-order chi connectivity index (χ0) is 14.7. The van der Waals surface area contributed by atoms with Crippen molar-refractivity contribution in [2.45, 2.75) is 32.4 Å². The lowest BCUT2D eigenvalue weighted by molar-refractivity contribution is 0.0695. The van der Waals surface area contributed by atoms with Crippen molar-refractivity contribution in [3.05, 3.63) is 48.3 Å². The quantitative estimate of drug-likeness (QED) is 0.938. The first-order valence-electron chi connectivity index (χ1n) is 7.72. The van der Waals surface area contributed by atoms with E-state index in [2.05, 4.69) is 34.3 Å². The van der Waals surface area contributed by atoms with Crippen LogP contribution in [0, 0.1) is 5.92 Å². The first-order valence-corrected chi connectivity index (χ1v) is 7.72. The van der Waals surface area contributed by atoms with Crippen molar-refractivity contribution in [1.82, 2.24) is 14.7 Å². The first kappa shape index (κ1) is 14.3. The van der Waals surface area contributed by atoms with Gasteiger partial charge in [-0.2, -0.15) is 5.10 Å². The van der Waals surface area contributed by atoms with Gasteiger partial charge in [0.25, 0.3) is 0 Å². The lowest BCUT2D eigenvalue weighted by Crippen LogP contribution is -2.36. The Morgan fingerprint density at radius 3 is 2.76 bits per heavy atom. The third kappa shape index (κ3) is 3.52. The summed E-state index contributed by atoms with van der Waals surface area (Å²) in [5.41, 5.74) is 2.43. The van der Waals surface area contributed by atoms with Crippen LogP contribution < -0.4 is 0 Å². The van der Waals surface area contributed by atoms with Gasteiger partial charge in [-0.3, -0.25) is 4.90 Å².